The predicted molar refractivity (Wildman–Crippen MR) is 154 cm³/mol. The van der Waals surface area contributed by atoms with Gasteiger partial charge in [0.15, 0.2) is 5.75 Å². The molecule has 1 aliphatic rings. The molecule has 13 heteroatoms. The molecule has 7 nitrogen and oxygen atoms in total. The number of imidazole rings is 1. The van der Waals surface area contributed by atoms with Crippen LogP contribution in [0.2, 0.25) is 0 Å². The molecule has 0 unspecified atom stereocenters. The Morgan fingerprint density at radius 3 is 2.57 bits per heavy atom. The first-order valence-corrected chi connectivity index (χ1v) is 13.8. The number of benzene rings is 2. The van der Waals surface area contributed by atoms with E-state index in [0.717, 1.165) is 24.3 Å². The van der Waals surface area contributed by atoms with Gasteiger partial charge in [-0.25, -0.2) is 13.8 Å². The molecule has 0 saturated heterocycles. The molecule has 3 aromatic heterocycles. The van der Waals surface area contributed by atoms with Gasteiger partial charge < -0.3 is 19.0 Å². The maximum atomic E-state index is 14.9. The second-order valence-corrected chi connectivity index (χ2v) is 10.5. The van der Waals surface area contributed by atoms with E-state index in [1.807, 2.05) is 0 Å². The Bertz CT molecular complexity index is 2020. The molecule has 4 heterocycles. The Balaban J connectivity index is 1.52. The number of rotatable bonds is 5. The summed E-state index contributed by atoms with van der Waals surface area (Å²) in [6, 6.07) is 7.08. The first-order chi connectivity index (χ1) is 20.9. The minimum Gasteiger partial charge on any atom is -0.490 e. The number of carbonyl (C=O) groups is 2. The standard InChI is InChI=1S/C31H22ClF5N4O3/c1-15-38-27-22(40(15)2)14-19(31(35,36)37)25-18-5-4-9-41-23(13-16(28(18)41)7-10-44-30(25)27)29(43)17-11-20(33)26(21(34)12-17)39-24(42)6-3-8-32/h3-6,9,11-14H,7-8,10H2,1-2H3,(H,39,42)/b6-3+. The molecule has 0 aliphatic carbocycles. The van der Waals surface area contributed by atoms with Gasteiger partial charge in [0.05, 0.1) is 28.9 Å². The second-order valence-electron chi connectivity index (χ2n) is 10.2. The fourth-order valence-corrected chi connectivity index (χ4v) is 5.59. The lowest BCUT2D eigenvalue weighted by Gasteiger charge is -2.22. The van der Waals surface area contributed by atoms with Crippen LogP contribution in [-0.4, -0.2) is 38.1 Å². The van der Waals surface area contributed by atoms with Gasteiger partial charge in [0.25, 0.3) is 0 Å². The Morgan fingerprint density at radius 2 is 1.89 bits per heavy atom. The number of aromatic nitrogens is 3. The molecule has 1 N–H and O–H groups in total. The molecule has 44 heavy (non-hydrogen) atoms. The van der Waals surface area contributed by atoms with Crippen LogP contribution in [0.1, 0.15) is 33.0 Å². The van der Waals surface area contributed by atoms with Crippen LogP contribution < -0.4 is 10.1 Å². The molecule has 6 rings (SSSR count). The van der Waals surface area contributed by atoms with Gasteiger partial charge in [0, 0.05) is 48.3 Å². The van der Waals surface area contributed by atoms with Crippen molar-refractivity contribution in [2.24, 2.45) is 7.05 Å². The fraction of sp³-hybridized carbons (Fsp3) is 0.194. The second kappa shape index (κ2) is 10.8. The van der Waals surface area contributed by atoms with Gasteiger partial charge in [0.2, 0.25) is 11.7 Å². The van der Waals surface area contributed by atoms with E-state index in [1.165, 1.54) is 34.9 Å². The van der Waals surface area contributed by atoms with E-state index in [9.17, 15) is 31.5 Å². The van der Waals surface area contributed by atoms with Crippen LogP contribution in [0.15, 0.2) is 54.7 Å². The SMILES string of the molecule is Cc1nc2c3c(c(C(F)(F)F)cc2n1C)-c1cccn2c(C(=O)c4cc(F)c(NC(=O)/C=C/CCl)c(F)c4)cc(c12)CCO3. The summed E-state index contributed by atoms with van der Waals surface area (Å²) in [5, 5.41) is 2.07. The fourth-order valence-electron chi connectivity index (χ4n) is 5.50. The van der Waals surface area contributed by atoms with Crippen molar-refractivity contribution in [3.63, 3.8) is 0 Å². The number of allylic oxidation sites excluding steroid dienone is 1. The van der Waals surface area contributed by atoms with Gasteiger partial charge in [-0.1, -0.05) is 12.1 Å². The molecule has 0 atom stereocenters. The molecule has 0 fully saturated rings. The predicted octanol–water partition coefficient (Wildman–Crippen LogP) is 7.00. The minimum absolute atomic E-state index is 0.0170. The van der Waals surface area contributed by atoms with Crippen molar-refractivity contribution in [3.05, 3.63) is 94.6 Å². The smallest absolute Gasteiger partial charge is 0.417 e. The summed E-state index contributed by atoms with van der Waals surface area (Å²) in [7, 11) is 1.62. The molecule has 1 aliphatic heterocycles. The summed E-state index contributed by atoms with van der Waals surface area (Å²) in [6.07, 6.45) is -0.746. The zero-order valence-corrected chi connectivity index (χ0v) is 23.9. The molecule has 5 aromatic rings. The third-order valence-corrected chi connectivity index (χ3v) is 7.74. The molecule has 1 amide bonds. The summed E-state index contributed by atoms with van der Waals surface area (Å²) in [5.41, 5.74) is -0.747. The van der Waals surface area contributed by atoms with E-state index in [-0.39, 0.29) is 58.1 Å². The number of ether oxygens (including phenoxy) is 1. The zero-order valence-electron chi connectivity index (χ0n) is 23.2. The zero-order chi connectivity index (χ0) is 31.5. The number of pyridine rings is 1. The highest BCUT2D eigenvalue weighted by Crippen LogP contribution is 2.48. The monoisotopic (exact) mass is 628 g/mol. The summed E-state index contributed by atoms with van der Waals surface area (Å²) in [5.74, 6) is -3.48. The third kappa shape index (κ3) is 4.79. The highest BCUT2D eigenvalue weighted by molar-refractivity contribution is 6.19. The molecular formula is C31H22ClF5N4O3. The van der Waals surface area contributed by atoms with Crippen LogP contribution in [0.25, 0.3) is 27.7 Å². The molecule has 0 spiro atoms. The summed E-state index contributed by atoms with van der Waals surface area (Å²) >= 11 is 5.48. The Labute approximate surface area is 251 Å². The quantitative estimate of drug-likeness (QED) is 0.0984. The Kier molecular flexibility index (Phi) is 7.19. The number of hydrogen-bond acceptors (Lipinski definition) is 4. The average Bonchev–Trinajstić information content (AvgIpc) is 3.48. The van der Waals surface area contributed by atoms with Gasteiger partial charge in [-0.05, 0) is 42.8 Å². The topological polar surface area (TPSA) is 77.6 Å². The number of halogens is 6. The summed E-state index contributed by atoms with van der Waals surface area (Å²) in [4.78, 5) is 30.1. The minimum atomic E-state index is -4.76. The van der Waals surface area contributed by atoms with Crippen LogP contribution in [-0.2, 0) is 24.4 Å². The third-order valence-electron chi connectivity index (χ3n) is 7.56. The van der Waals surface area contributed by atoms with Crippen molar-refractivity contribution >= 4 is 45.5 Å². The number of carbonyl (C=O) groups excluding carboxylic acids is 2. The normalized spacial score (nSPS) is 13.2. The molecule has 0 radical (unpaired) electrons. The largest absolute Gasteiger partial charge is 0.490 e. The van der Waals surface area contributed by atoms with Crippen molar-refractivity contribution < 1.29 is 36.3 Å². The molecule has 0 bridgehead atoms. The maximum absolute atomic E-state index is 14.9. The number of ketones is 1. The lowest BCUT2D eigenvalue weighted by Crippen LogP contribution is -2.13. The van der Waals surface area contributed by atoms with Crippen LogP contribution in [0.4, 0.5) is 27.6 Å². The van der Waals surface area contributed by atoms with Gasteiger partial charge in [-0.2, -0.15) is 13.2 Å². The number of alkyl halides is 4. The number of nitrogens with one attached hydrogen (secondary N) is 1. The molecule has 0 saturated carbocycles. The number of anilines is 1. The van der Waals surface area contributed by atoms with Gasteiger partial charge >= 0.3 is 6.18 Å². The van der Waals surface area contributed by atoms with Gasteiger partial charge in [-0.3, -0.25) is 9.59 Å². The lowest BCUT2D eigenvalue weighted by atomic mass is 9.94. The first kappa shape index (κ1) is 29.4. The van der Waals surface area contributed by atoms with Crippen LogP contribution in [0, 0.1) is 18.6 Å². The Hall–Kier alpha value is -4.71. The number of nitrogens with zero attached hydrogens (tertiary/aromatic N) is 3. The van der Waals surface area contributed by atoms with Crippen molar-refractivity contribution in [1.82, 2.24) is 14.0 Å². The van der Waals surface area contributed by atoms with E-state index in [1.54, 1.807) is 18.5 Å². The molecule has 226 valence electrons. The maximum Gasteiger partial charge on any atom is 0.417 e. The number of amides is 1. The van der Waals surface area contributed by atoms with Gasteiger partial charge in [-0.15, -0.1) is 11.6 Å². The van der Waals surface area contributed by atoms with E-state index in [4.69, 9.17) is 16.3 Å². The van der Waals surface area contributed by atoms with E-state index in [0.29, 0.717) is 16.9 Å². The Morgan fingerprint density at radius 1 is 1.16 bits per heavy atom. The lowest BCUT2D eigenvalue weighted by molar-refractivity contribution is -0.137. The number of aryl methyl sites for hydroxylation is 2. The molecule has 2 aromatic carbocycles. The summed E-state index contributed by atoms with van der Waals surface area (Å²) in [6.45, 7) is 1.66. The average molecular weight is 629 g/mol. The highest BCUT2D eigenvalue weighted by atomic mass is 35.5. The van der Waals surface area contributed by atoms with Gasteiger partial charge in [0.1, 0.15) is 28.7 Å². The highest BCUT2D eigenvalue weighted by Gasteiger charge is 2.39. The number of hydrogen-bond donors (Lipinski definition) is 1. The van der Waals surface area contributed by atoms with Crippen molar-refractivity contribution in [3.8, 4) is 16.9 Å². The molecular weight excluding hydrogens is 607 g/mol. The van der Waals surface area contributed by atoms with Crippen LogP contribution in [0.5, 0.6) is 5.75 Å². The van der Waals surface area contributed by atoms with Crippen molar-refractivity contribution in [1.29, 1.82) is 0 Å². The number of fused-ring (bicyclic) bond motifs is 4. The van der Waals surface area contributed by atoms with Crippen LogP contribution >= 0.6 is 11.6 Å². The van der Waals surface area contributed by atoms with Crippen molar-refractivity contribution in [2.75, 3.05) is 17.8 Å². The van der Waals surface area contributed by atoms with Crippen LogP contribution in [0.3, 0.4) is 0 Å². The van der Waals surface area contributed by atoms with E-state index < -0.39 is 40.8 Å². The van der Waals surface area contributed by atoms with E-state index >= 15 is 0 Å². The first-order valence-electron chi connectivity index (χ1n) is 13.3. The van der Waals surface area contributed by atoms with Crippen molar-refractivity contribution in [2.45, 2.75) is 19.5 Å². The van der Waals surface area contributed by atoms with E-state index in [2.05, 4.69) is 10.3 Å². The summed E-state index contributed by atoms with van der Waals surface area (Å²) < 4.78 is 82.5.